The fraction of sp³-hybridized carbons (Fsp3) is 0.162. The summed E-state index contributed by atoms with van der Waals surface area (Å²) in [5.74, 6) is 2.95. The number of benzene rings is 8. The van der Waals surface area contributed by atoms with Crippen LogP contribution in [0.15, 0.2) is 242 Å². The van der Waals surface area contributed by atoms with E-state index in [4.69, 9.17) is 9.15 Å². The van der Waals surface area contributed by atoms with Crippen LogP contribution >= 0.6 is 0 Å². The molecule has 9 aromatic rings. The summed E-state index contributed by atoms with van der Waals surface area (Å²) in [5, 5.41) is 3.75. The number of ether oxygens (including phenoxy) is 1. The lowest BCUT2D eigenvalue weighted by Gasteiger charge is -2.41. The number of anilines is 5. The van der Waals surface area contributed by atoms with E-state index in [0.717, 1.165) is 81.9 Å². The second-order valence-electron chi connectivity index (χ2n) is 22.1. The molecule has 0 radical (unpaired) electrons. The van der Waals surface area contributed by atoms with Crippen molar-refractivity contribution in [3.8, 4) is 39.1 Å². The Morgan fingerprint density at radius 2 is 1.36 bits per heavy atom. The number of hydrogen-bond donors (Lipinski definition) is 0. The summed E-state index contributed by atoms with van der Waals surface area (Å²) >= 11 is 0. The molecular formula is C74H60N2O2. The summed E-state index contributed by atoms with van der Waals surface area (Å²) in [5.41, 5.74) is 19.2. The number of furan rings is 1. The maximum Gasteiger partial charge on any atom is 0.135 e. The predicted octanol–water partition coefficient (Wildman–Crippen LogP) is 19.7. The van der Waals surface area contributed by atoms with Crippen molar-refractivity contribution in [1.82, 2.24) is 0 Å². The molecule has 0 amide bonds. The highest BCUT2D eigenvalue weighted by atomic mass is 16.5. The van der Waals surface area contributed by atoms with Crippen LogP contribution in [0.1, 0.15) is 73.0 Å². The topological polar surface area (TPSA) is 28.9 Å². The van der Waals surface area contributed by atoms with Crippen LogP contribution in [0.25, 0.3) is 67.3 Å². The van der Waals surface area contributed by atoms with Crippen LogP contribution in [0.4, 0.5) is 28.4 Å². The highest BCUT2D eigenvalue weighted by Crippen LogP contribution is 2.63. The second-order valence-corrected chi connectivity index (χ2v) is 22.1. The van der Waals surface area contributed by atoms with E-state index in [2.05, 4.69) is 253 Å². The Morgan fingerprint density at radius 1 is 0.603 bits per heavy atom. The molecule has 1 aromatic heterocycles. The fourth-order valence-electron chi connectivity index (χ4n) is 14.1. The first-order valence-electron chi connectivity index (χ1n) is 28.1. The van der Waals surface area contributed by atoms with Gasteiger partial charge in [0.25, 0.3) is 0 Å². The molecule has 8 aromatic carbocycles. The molecule has 1 aliphatic heterocycles. The van der Waals surface area contributed by atoms with Crippen LogP contribution in [0.5, 0.6) is 5.75 Å². The van der Waals surface area contributed by atoms with Gasteiger partial charge in [-0.25, -0.2) is 0 Å². The Labute approximate surface area is 457 Å². The molecule has 4 heteroatoms. The van der Waals surface area contributed by atoms with Gasteiger partial charge in [-0.15, -0.1) is 0 Å². The van der Waals surface area contributed by atoms with Crippen LogP contribution in [-0.4, -0.2) is 12.1 Å². The molecule has 0 bridgehead atoms. The van der Waals surface area contributed by atoms with Crippen LogP contribution in [0.2, 0.25) is 0 Å². The molecule has 15 rings (SSSR count). The molecule has 2 heterocycles. The number of rotatable bonds is 11. The highest BCUT2D eigenvalue weighted by molar-refractivity contribution is 6.10. The van der Waals surface area contributed by atoms with Crippen molar-refractivity contribution >= 4 is 62.3 Å². The quantitative estimate of drug-likeness (QED) is 0.121. The molecular weight excluding hydrogens is 949 g/mol. The third-order valence-corrected chi connectivity index (χ3v) is 17.9. The van der Waals surface area contributed by atoms with Gasteiger partial charge in [0.1, 0.15) is 23.2 Å². The van der Waals surface area contributed by atoms with Gasteiger partial charge in [-0.05, 0) is 174 Å². The molecule has 1 spiro atoms. The van der Waals surface area contributed by atoms with Gasteiger partial charge in [-0.2, -0.15) is 0 Å². The number of nitrogens with zero attached hydrogens (tertiary/aromatic N) is 2. The summed E-state index contributed by atoms with van der Waals surface area (Å²) < 4.78 is 12.8. The summed E-state index contributed by atoms with van der Waals surface area (Å²) in [4.78, 5) is 5.07. The van der Waals surface area contributed by atoms with Gasteiger partial charge in [0.05, 0.1) is 11.7 Å². The lowest BCUT2D eigenvalue weighted by Crippen LogP contribution is -2.40. The first kappa shape index (κ1) is 46.4. The molecule has 5 atom stereocenters. The van der Waals surface area contributed by atoms with E-state index >= 15 is 0 Å². The van der Waals surface area contributed by atoms with Gasteiger partial charge in [-0.3, -0.25) is 0 Å². The van der Waals surface area contributed by atoms with Crippen molar-refractivity contribution in [3.63, 3.8) is 0 Å². The van der Waals surface area contributed by atoms with E-state index in [1.165, 1.54) is 67.5 Å². The number of fused-ring (bicyclic) bond motifs is 8. The van der Waals surface area contributed by atoms with E-state index in [9.17, 15) is 0 Å². The van der Waals surface area contributed by atoms with E-state index < -0.39 is 0 Å². The zero-order valence-corrected chi connectivity index (χ0v) is 43.9. The minimum atomic E-state index is -0.0396. The zero-order chi connectivity index (χ0) is 51.9. The average molecular weight is 1010 g/mol. The normalized spacial score (nSPS) is 20.7. The molecule has 1 saturated carbocycles. The first-order valence-corrected chi connectivity index (χ1v) is 28.1. The van der Waals surface area contributed by atoms with Gasteiger partial charge in [0, 0.05) is 62.1 Å². The van der Waals surface area contributed by atoms with E-state index in [1.54, 1.807) is 6.08 Å². The van der Waals surface area contributed by atoms with E-state index in [1.807, 2.05) is 6.92 Å². The Bertz CT molecular complexity index is 4070. The van der Waals surface area contributed by atoms with Crippen molar-refractivity contribution in [2.45, 2.75) is 62.5 Å². The fourth-order valence-corrected chi connectivity index (χ4v) is 14.1. The molecule has 5 unspecified atom stereocenters. The minimum absolute atomic E-state index is 0.0396. The van der Waals surface area contributed by atoms with Crippen molar-refractivity contribution in [3.05, 3.63) is 265 Å². The van der Waals surface area contributed by atoms with Gasteiger partial charge in [-0.1, -0.05) is 170 Å². The van der Waals surface area contributed by atoms with Crippen LogP contribution in [-0.2, 0) is 5.41 Å². The van der Waals surface area contributed by atoms with Gasteiger partial charge < -0.3 is 19.0 Å². The largest absolute Gasteiger partial charge is 0.485 e. The Kier molecular flexibility index (Phi) is 11.1. The van der Waals surface area contributed by atoms with E-state index in [-0.39, 0.29) is 23.5 Å². The predicted molar refractivity (Wildman–Crippen MR) is 326 cm³/mol. The van der Waals surface area contributed by atoms with E-state index in [0.29, 0.717) is 11.8 Å². The number of allylic oxidation sites excluding steroid dienone is 7. The second kappa shape index (κ2) is 18.7. The van der Waals surface area contributed by atoms with Crippen molar-refractivity contribution in [1.29, 1.82) is 0 Å². The maximum atomic E-state index is 6.51. The Hall–Kier alpha value is -8.86. The lowest BCUT2D eigenvalue weighted by molar-refractivity contribution is 0.269. The van der Waals surface area contributed by atoms with Crippen LogP contribution in [0.3, 0.4) is 0 Å². The molecule has 5 aliphatic carbocycles. The minimum Gasteiger partial charge on any atom is -0.485 e. The molecule has 4 nitrogen and oxygen atoms in total. The van der Waals surface area contributed by atoms with Gasteiger partial charge >= 0.3 is 0 Å². The Balaban J connectivity index is 0.830. The zero-order valence-electron chi connectivity index (χ0n) is 43.9. The first-order chi connectivity index (χ1) is 38.6. The third kappa shape index (κ3) is 7.48. The van der Waals surface area contributed by atoms with Crippen molar-refractivity contribution in [2.75, 3.05) is 9.80 Å². The number of hydrogen-bond acceptors (Lipinski definition) is 4. The molecule has 378 valence electrons. The molecule has 6 aliphatic rings. The van der Waals surface area contributed by atoms with Crippen molar-refractivity contribution < 1.29 is 9.15 Å². The molecule has 0 N–H and O–H groups in total. The summed E-state index contributed by atoms with van der Waals surface area (Å²) in [6.45, 7) is 6.11. The molecule has 0 saturated heterocycles. The van der Waals surface area contributed by atoms with Crippen LogP contribution < -0.4 is 14.5 Å². The highest BCUT2D eigenvalue weighted by Gasteiger charge is 2.51. The monoisotopic (exact) mass is 1010 g/mol. The maximum absolute atomic E-state index is 6.51. The third-order valence-electron chi connectivity index (χ3n) is 17.9. The number of para-hydroxylation sites is 1. The smallest absolute Gasteiger partial charge is 0.135 e. The molecule has 78 heavy (non-hydrogen) atoms. The van der Waals surface area contributed by atoms with Crippen LogP contribution in [0, 0.1) is 11.8 Å². The Morgan fingerprint density at radius 3 is 2.21 bits per heavy atom. The molecule has 1 fully saturated rings. The van der Waals surface area contributed by atoms with Gasteiger partial charge in [0.15, 0.2) is 0 Å². The SMILES string of the molecule is C=Cc1oc2ccc(N(c3ccc(-c4ccc5c6c(cccc46)C4(CC4)c4cc(N(c6ccc7c(c6)C6C=CC=CC6O7)C6C=CC=CC6C6CC=CCC6)ccc4-5)cc3)c3ccccc3-c3ccccc3)cc2c1/C=C\C. The lowest BCUT2D eigenvalue weighted by atomic mass is 9.73. The van der Waals surface area contributed by atoms with Gasteiger partial charge in [0.2, 0.25) is 0 Å². The summed E-state index contributed by atoms with van der Waals surface area (Å²) in [6, 6.07) is 61.7. The standard InChI is InChI=1S/C74H60N2O2/c1-3-18-59-63-45-52(36-41-71(63)77-69(59)4-2)75(67-28-14-11-23-56(67)48-19-7-5-8-20-48)51-33-31-50(32-34-51)55-39-40-62-58-38-35-54(47-66(58)74(43-44-74)65-27-17-26-61(55)73(62)65)76(68-29-15-12-24-57(68)49-21-9-6-10-22-49)53-37-42-72-64(46-53)60-25-13-16-30-70(60)78-72/h3-9,11-20,23-42,45-47,49,57,60,68,70H,2,10,21-22,43-44H2,1H3/b18-3-. The van der Waals surface area contributed by atoms with Crippen molar-refractivity contribution in [2.24, 2.45) is 11.8 Å². The summed E-state index contributed by atoms with van der Waals surface area (Å²) in [6.07, 6.45) is 34.9. The summed E-state index contributed by atoms with van der Waals surface area (Å²) in [7, 11) is 0. The average Bonchev–Trinajstić information content (AvgIpc) is 4.29.